The molecular formula is C26H34N4O2. The summed E-state index contributed by atoms with van der Waals surface area (Å²) in [4.78, 5) is 27.4. The molecular weight excluding hydrogens is 400 g/mol. The highest BCUT2D eigenvalue weighted by Gasteiger charge is 2.35. The first-order chi connectivity index (χ1) is 15.5. The molecule has 0 radical (unpaired) electrons. The number of hydrogen-bond acceptors (Lipinski definition) is 4. The third kappa shape index (κ3) is 5.49. The summed E-state index contributed by atoms with van der Waals surface area (Å²) in [7, 11) is 0. The SMILES string of the molecule is Nc1ccccc1NC(=O)c1ccc(C(=O)NCCN2CCC3(CCCCC3)CC2)cc1. The predicted molar refractivity (Wildman–Crippen MR) is 129 cm³/mol. The van der Waals surface area contributed by atoms with Crippen LogP contribution in [0.4, 0.5) is 11.4 Å². The summed E-state index contributed by atoms with van der Waals surface area (Å²) in [5.74, 6) is -0.360. The molecule has 6 heteroatoms. The van der Waals surface area contributed by atoms with Gasteiger partial charge >= 0.3 is 0 Å². The van der Waals surface area contributed by atoms with Crippen LogP contribution in [0.1, 0.15) is 65.7 Å². The smallest absolute Gasteiger partial charge is 0.255 e. The van der Waals surface area contributed by atoms with Crippen LogP contribution >= 0.6 is 0 Å². The Balaban J connectivity index is 1.21. The van der Waals surface area contributed by atoms with Crippen LogP contribution in [0.15, 0.2) is 48.5 Å². The largest absolute Gasteiger partial charge is 0.397 e. The number of hydrogen-bond donors (Lipinski definition) is 3. The Bertz CT molecular complexity index is 925. The second kappa shape index (κ2) is 10.2. The molecule has 1 heterocycles. The summed E-state index contributed by atoms with van der Waals surface area (Å²) in [6.45, 7) is 3.82. The first-order valence-electron chi connectivity index (χ1n) is 11.8. The lowest BCUT2D eigenvalue weighted by atomic mass is 9.68. The van der Waals surface area contributed by atoms with E-state index in [4.69, 9.17) is 5.73 Å². The molecule has 1 aliphatic heterocycles. The standard InChI is InChI=1S/C26H34N4O2/c27-22-6-2-3-7-23(22)29-25(32)21-10-8-20(9-11-21)24(31)28-16-19-30-17-14-26(15-18-30)12-4-1-5-13-26/h2-3,6-11H,1,4-5,12-19,27H2,(H,28,31)(H,29,32). The zero-order valence-corrected chi connectivity index (χ0v) is 18.7. The molecule has 2 aromatic rings. The maximum absolute atomic E-state index is 12.5. The first kappa shape index (κ1) is 22.3. The Morgan fingerprint density at radius 3 is 2.12 bits per heavy atom. The van der Waals surface area contributed by atoms with Crippen LogP contribution in [0.3, 0.4) is 0 Å². The molecule has 2 aliphatic rings. The van der Waals surface area contributed by atoms with Gasteiger partial charge < -0.3 is 21.3 Å². The highest BCUT2D eigenvalue weighted by atomic mass is 16.2. The van der Waals surface area contributed by atoms with Crippen molar-refractivity contribution < 1.29 is 9.59 Å². The number of rotatable bonds is 6. The van der Waals surface area contributed by atoms with E-state index in [0.29, 0.717) is 34.5 Å². The Kier molecular flexibility index (Phi) is 7.10. The maximum Gasteiger partial charge on any atom is 0.255 e. The van der Waals surface area contributed by atoms with Crippen LogP contribution in [0, 0.1) is 5.41 Å². The van der Waals surface area contributed by atoms with Crippen LogP contribution in [0.5, 0.6) is 0 Å². The molecule has 1 aliphatic carbocycles. The Hall–Kier alpha value is -2.86. The van der Waals surface area contributed by atoms with E-state index < -0.39 is 0 Å². The topological polar surface area (TPSA) is 87.5 Å². The van der Waals surface area contributed by atoms with Gasteiger partial charge in [-0.05, 0) is 80.6 Å². The lowest BCUT2D eigenvalue weighted by Crippen LogP contribution is -2.44. The van der Waals surface area contributed by atoms with Gasteiger partial charge in [0.15, 0.2) is 0 Å². The van der Waals surface area contributed by atoms with Crippen LogP contribution in [-0.4, -0.2) is 42.9 Å². The van der Waals surface area contributed by atoms with Crippen molar-refractivity contribution in [3.05, 3.63) is 59.7 Å². The van der Waals surface area contributed by atoms with E-state index in [0.717, 1.165) is 19.6 Å². The van der Waals surface area contributed by atoms with Crippen molar-refractivity contribution >= 4 is 23.2 Å². The highest BCUT2D eigenvalue weighted by molar-refractivity contribution is 6.06. The molecule has 32 heavy (non-hydrogen) atoms. The summed E-state index contributed by atoms with van der Waals surface area (Å²) in [6, 6.07) is 13.8. The van der Waals surface area contributed by atoms with E-state index >= 15 is 0 Å². The average Bonchev–Trinajstić information content (AvgIpc) is 2.82. The third-order valence-electron chi connectivity index (χ3n) is 7.16. The van der Waals surface area contributed by atoms with Crippen molar-refractivity contribution in [3.8, 4) is 0 Å². The molecule has 6 nitrogen and oxygen atoms in total. The monoisotopic (exact) mass is 434 g/mol. The molecule has 4 N–H and O–H groups in total. The van der Waals surface area contributed by atoms with Gasteiger partial charge in [-0.2, -0.15) is 0 Å². The normalized spacial score (nSPS) is 18.2. The first-order valence-corrected chi connectivity index (χ1v) is 11.8. The predicted octanol–water partition coefficient (Wildman–Crippen LogP) is 4.30. The number of benzene rings is 2. The number of nitrogens with one attached hydrogen (secondary N) is 2. The number of para-hydroxylation sites is 2. The number of nitrogen functional groups attached to an aromatic ring is 1. The minimum atomic E-state index is -0.254. The Morgan fingerprint density at radius 1 is 0.844 bits per heavy atom. The van der Waals surface area contributed by atoms with Gasteiger partial charge in [-0.15, -0.1) is 0 Å². The van der Waals surface area contributed by atoms with Gasteiger partial charge in [0.05, 0.1) is 11.4 Å². The van der Waals surface area contributed by atoms with Crippen molar-refractivity contribution in [2.75, 3.05) is 37.2 Å². The van der Waals surface area contributed by atoms with Gasteiger partial charge in [0.1, 0.15) is 0 Å². The second-order valence-corrected chi connectivity index (χ2v) is 9.28. The van der Waals surface area contributed by atoms with E-state index in [-0.39, 0.29) is 11.8 Å². The van der Waals surface area contributed by atoms with Crippen molar-refractivity contribution in [1.82, 2.24) is 10.2 Å². The second-order valence-electron chi connectivity index (χ2n) is 9.28. The Labute approximate surface area is 190 Å². The van der Waals surface area contributed by atoms with Gasteiger partial charge in [0.25, 0.3) is 11.8 Å². The molecule has 2 amide bonds. The van der Waals surface area contributed by atoms with E-state index in [1.165, 1.54) is 44.9 Å². The molecule has 0 aromatic heterocycles. The zero-order valence-electron chi connectivity index (χ0n) is 18.7. The molecule has 2 fully saturated rings. The molecule has 0 atom stereocenters. The molecule has 1 saturated carbocycles. The van der Waals surface area contributed by atoms with E-state index in [2.05, 4.69) is 15.5 Å². The average molecular weight is 435 g/mol. The fourth-order valence-electron chi connectivity index (χ4n) is 5.06. The number of amides is 2. The number of nitrogens with two attached hydrogens (primary N) is 1. The van der Waals surface area contributed by atoms with Crippen molar-refractivity contribution in [3.63, 3.8) is 0 Å². The zero-order chi connectivity index (χ0) is 22.4. The number of carbonyl (C=O) groups excluding carboxylic acids is 2. The number of nitrogens with zero attached hydrogens (tertiary/aromatic N) is 1. The number of likely N-dealkylation sites (tertiary alicyclic amines) is 1. The maximum atomic E-state index is 12.5. The van der Waals surface area contributed by atoms with Crippen LogP contribution < -0.4 is 16.4 Å². The fourth-order valence-corrected chi connectivity index (χ4v) is 5.06. The number of anilines is 2. The molecule has 1 saturated heterocycles. The van der Waals surface area contributed by atoms with Gasteiger partial charge in [0, 0.05) is 24.2 Å². The number of piperidine rings is 1. The molecule has 1 spiro atoms. The third-order valence-corrected chi connectivity index (χ3v) is 7.16. The summed E-state index contributed by atoms with van der Waals surface area (Å²) in [6.07, 6.45) is 9.63. The molecule has 4 rings (SSSR count). The highest BCUT2D eigenvalue weighted by Crippen LogP contribution is 2.44. The van der Waals surface area contributed by atoms with Gasteiger partial charge in [-0.1, -0.05) is 31.4 Å². The van der Waals surface area contributed by atoms with Gasteiger partial charge in [0.2, 0.25) is 0 Å². The molecule has 2 aromatic carbocycles. The van der Waals surface area contributed by atoms with E-state index in [1.807, 2.05) is 12.1 Å². The summed E-state index contributed by atoms with van der Waals surface area (Å²) < 4.78 is 0. The van der Waals surface area contributed by atoms with Crippen LogP contribution in [0.25, 0.3) is 0 Å². The van der Waals surface area contributed by atoms with E-state index in [9.17, 15) is 9.59 Å². The van der Waals surface area contributed by atoms with Gasteiger partial charge in [-0.25, -0.2) is 0 Å². The summed E-state index contributed by atoms with van der Waals surface area (Å²) in [5, 5.41) is 5.81. The fraction of sp³-hybridized carbons (Fsp3) is 0.462. The lowest BCUT2D eigenvalue weighted by Gasteiger charge is -2.44. The number of carbonyl (C=O) groups is 2. The van der Waals surface area contributed by atoms with Crippen LogP contribution in [-0.2, 0) is 0 Å². The molecule has 170 valence electrons. The van der Waals surface area contributed by atoms with Crippen LogP contribution in [0.2, 0.25) is 0 Å². The van der Waals surface area contributed by atoms with Crippen molar-refractivity contribution in [2.45, 2.75) is 44.9 Å². The summed E-state index contributed by atoms with van der Waals surface area (Å²) in [5.41, 5.74) is 8.61. The van der Waals surface area contributed by atoms with Gasteiger partial charge in [-0.3, -0.25) is 9.59 Å². The molecule has 0 bridgehead atoms. The van der Waals surface area contributed by atoms with Crippen molar-refractivity contribution in [1.29, 1.82) is 0 Å². The van der Waals surface area contributed by atoms with E-state index in [1.54, 1.807) is 36.4 Å². The lowest BCUT2D eigenvalue weighted by molar-refractivity contribution is 0.0673. The summed E-state index contributed by atoms with van der Waals surface area (Å²) >= 11 is 0. The minimum Gasteiger partial charge on any atom is -0.397 e. The Morgan fingerprint density at radius 2 is 1.47 bits per heavy atom. The van der Waals surface area contributed by atoms with Crippen molar-refractivity contribution in [2.24, 2.45) is 5.41 Å². The molecule has 0 unspecified atom stereocenters. The quantitative estimate of drug-likeness (QED) is 0.592. The minimum absolute atomic E-state index is 0.106.